The molecule has 5 heteroatoms. The lowest BCUT2D eigenvalue weighted by molar-refractivity contribution is -0.123. The van der Waals surface area contributed by atoms with Crippen molar-refractivity contribution in [2.24, 2.45) is 5.92 Å². The minimum atomic E-state index is -0.963. The third-order valence-electron chi connectivity index (χ3n) is 2.63. The summed E-state index contributed by atoms with van der Waals surface area (Å²) in [6.07, 6.45) is 1.99. The molecule has 1 N–H and O–H groups in total. The van der Waals surface area contributed by atoms with Gasteiger partial charge < -0.3 is 5.32 Å². The van der Waals surface area contributed by atoms with E-state index in [0.29, 0.717) is 12.2 Å². The van der Waals surface area contributed by atoms with E-state index in [4.69, 9.17) is 5.26 Å². The van der Waals surface area contributed by atoms with Gasteiger partial charge in [-0.3, -0.25) is 9.00 Å². The molecule has 0 aliphatic carbocycles. The summed E-state index contributed by atoms with van der Waals surface area (Å²) in [5.74, 6) is -0.616. The van der Waals surface area contributed by atoms with Crippen molar-refractivity contribution in [3.8, 4) is 6.07 Å². The smallest absolute Gasteiger partial charge is 0.237 e. The Morgan fingerprint density at radius 3 is 2.58 bits per heavy atom. The number of carbonyl (C=O) groups is 1. The van der Waals surface area contributed by atoms with E-state index >= 15 is 0 Å². The van der Waals surface area contributed by atoms with Gasteiger partial charge in [-0.2, -0.15) is 5.26 Å². The summed E-state index contributed by atoms with van der Waals surface area (Å²) in [5.41, 5.74) is 0.955. The molecule has 1 rings (SSSR count). The van der Waals surface area contributed by atoms with Gasteiger partial charge in [-0.05, 0) is 18.9 Å². The average molecular weight is 278 g/mol. The lowest BCUT2D eigenvalue weighted by atomic mass is 10.00. The van der Waals surface area contributed by atoms with E-state index in [1.54, 1.807) is 13.2 Å². The van der Waals surface area contributed by atoms with Gasteiger partial charge in [0.05, 0.1) is 6.07 Å². The van der Waals surface area contributed by atoms with E-state index in [2.05, 4.69) is 5.32 Å². The third kappa shape index (κ3) is 5.66. The molecule has 0 aliphatic rings. The molecular weight excluding hydrogens is 260 g/mol. The number of amides is 1. The monoisotopic (exact) mass is 278 g/mol. The van der Waals surface area contributed by atoms with Crippen molar-refractivity contribution in [3.63, 3.8) is 0 Å². The first kappa shape index (κ1) is 15.4. The Bertz CT molecular complexity index is 482. The van der Waals surface area contributed by atoms with Crippen LogP contribution in [-0.4, -0.2) is 28.2 Å². The van der Waals surface area contributed by atoms with Crippen molar-refractivity contribution in [1.29, 1.82) is 5.26 Å². The van der Waals surface area contributed by atoms with Crippen LogP contribution in [0, 0.1) is 17.2 Å². The molecule has 3 unspecified atom stereocenters. The number of hydrogen-bond donors (Lipinski definition) is 1. The first-order valence-corrected chi connectivity index (χ1v) is 7.79. The molecule has 4 nitrogen and oxygen atoms in total. The van der Waals surface area contributed by atoms with Gasteiger partial charge in [0.15, 0.2) is 0 Å². The van der Waals surface area contributed by atoms with Gasteiger partial charge in [0, 0.05) is 28.9 Å². The maximum absolute atomic E-state index is 11.9. The zero-order chi connectivity index (χ0) is 14.3. The van der Waals surface area contributed by atoms with Crippen LogP contribution in [0.1, 0.15) is 12.5 Å². The summed E-state index contributed by atoms with van der Waals surface area (Å²) in [5, 5.41) is 11.8. The normalized spacial score (nSPS) is 15.0. The first-order valence-electron chi connectivity index (χ1n) is 6.07. The number of nitrogens with one attached hydrogen (secondary N) is 1. The summed E-state index contributed by atoms with van der Waals surface area (Å²) in [6.45, 7) is 1.79. The number of hydrogen-bond acceptors (Lipinski definition) is 3. The van der Waals surface area contributed by atoms with Crippen LogP contribution in [-0.2, 0) is 22.0 Å². The van der Waals surface area contributed by atoms with E-state index in [9.17, 15) is 9.00 Å². The molecule has 0 bridgehead atoms. The molecule has 0 aliphatic heterocycles. The Labute approximate surface area is 116 Å². The minimum absolute atomic E-state index is 0.190. The van der Waals surface area contributed by atoms with E-state index < -0.39 is 16.7 Å². The van der Waals surface area contributed by atoms with Gasteiger partial charge >= 0.3 is 0 Å². The van der Waals surface area contributed by atoms with Crippen molar-refractivity contribution in [1.82, 2.24) is 5.32 Å². The van der Waals surface area contributed by atoms with Crippen LogP contribution in [0.25, 0.3) is 0 Å². The van der Waals surface area contributed by atoms with E-state index in [0.717, 1.165) is 5.56 Å². The van der Waals surface area contributed by atoms with Crippen molar-refractivity contribution >= 4 is 16.7 Å². The highest BCUT2D eigenvalue weighted by Gasteiger charge is 2.20. The van der Waals surface area contributed by atoms with Crippen molar-refractivity contribution in [2.75, 3.05) is 12.0 Å². The fourth-order valence-electron chi connectivity index (χ4n) is 1.78. The number of nitrogens with zero attached hydrogens (tertiary/aromatic N) is 1. The van der Waals surface area contributed by atoms with Crippen LogP contribution in [0.5, 0.6) is 0 Å². The van der Waals surface area contributed by atoms with Gasteiger partial charge in [0.2, 0.25) is 5.91 Å². The Kier molecular flexibility index (Phi) is 6.23. The fraction of sp³-hybridized carbons (Fsp3) is 0.429. The molecule has 0 saturated carbocycles. The quantitative estimate of drug-likeness (QED) is 0.851. The molecule has 0 saturated heterocycles. The summed E-state index contributed by atoms with van der Waals surface area (Å²) >= 11 is 0. The number of benzene rings is 1. The number of nitriles is 1. The van der Waals surface area contributed by atoms with E-state index in [-0.39, 0.29) is 11.9 Å². The molecular formula is C14H18N2O2S. The van der Waals surface area contributed by atoms with Crippen molar-refractivity contribution < 1.29 is 9.00 Å². The summed E-state index contributed by atoms with van der Waals surface area (Å²) in [4.78, 5) is 11.9. The molecule has 0 radical (unpaired) electrons. The van der Waals surface area contributed by atoms with Gasteiger partial charge in [0.25, 0.3) is 0 Å². The highest BCUT2D eigenvalue weighted by Crippen LogP contribution is 2.08. The number of rotatable bonds is 6. The lowest BCUT2D eigenvalue weighted by Crippen LogP contribution is -2.40. The van der Waals surface area contributed by atoms with E-state index in [1.807, 2.05) is 36.4 Å². The molecule has 1 aromatic rings. The Morgan fingerprint density at radius 1 is 1.42 bits per heavy atom. The van der Waals surface area contributed by atoms with Crippen LogP contribution in [0.15, 0.2) is 30.3 Å². The standard InChI is InChI=1S/C14H18N2O2S/c1-11(10-19(2)18)16-14(17)13(9-15)8-12-6-4-3-5-7-12/h3-7,11,13H,8,10H2,1-2H3,(H,16,17). The Balaban J connectivity index is 2.58. The Hall–Kier alpha value is -1.67. The zero-order valence-corrected chi connectivity index (χ0v) is 11.9. The molecule has 3 atom stereocenters. The second kappa shape index (κ2) is 7.70. The predicted octanol–water partition coefficient (Wildman–Crippen LogP) is 1.25. The van der Waals surface area contributed by atoms with Crippen molar-refractivity contribution in [2.45, 2.75) is 19.4 Å². The zero-order valence-electron chi connectivity index (χ0n) is 11.1. The summed E-state index contributed by atoms with van der Waals surface area (Å²) in [6, 6.07) is 11.3. The molecule has 19 heavy (non-hydrogen) atoms. The highest BCUT2D eigenvalue weighted by atomic mass is 32.2. The topological polar surface area (TPSA) is 70.0 Å². The lowest BCUT2D eigenvalue weighted by Gasteiger charge is -2.15. The molecule has 0 aromatic heterocycles. The van der Waals surface area contributed by atoms with Gasteiger partial charge in [-0.1, -0.05) is 30.3 Å². The second-order valence-corrected chi connectivity index (χ2v) is 6.00. The van der Waals surface area contributed by atoms with Crippen LogP contribution in [0.2, 0.25) is 0 Å². The molecule has 0 heterocycles. The van der Waals surface area contributed by atoms with Gasteiger partial charge in [-0.25, -0.2) is 0 Å². The average Bonchev–Trinajstić information content (AvgIpc) is 2.35. The van der Waals surface area contributed by atoms with Crippen LogP contribution in [0.4, 0.5) is 0 Å². The number of carbonyl (C=O) groups excluding carboxylic acids is 1. The first-order chi connectivity index (χ1) is 9.02. The Morgan fingerprint density at radius 2 is 2.05 bits per heavy atom. The summed E-state index contributed by atoms with van der Waals surface area (Å²) < 4.78 is 11.1. The molecule has 1 amide bonds. The SMILES string of the molecule is CC(CS(C)=O)NC(=O)C(C#N)Cc1ccccc1. The molecule has 0 spiro atoms. The van der Waals surface area contributed by atoms with E-state index in [1.165, 1.54) is 0 Å². The summed E-state index contributed by atoms with van der Waals surface area (Å²) in [7, 11) is -0.963. The van der Waals surface area contributed by atoms with Crippen molar-refractivity contribution in [3.05, 3.63) is 35.9 Å². The second-order valence-electron chi connectivity index (χ2n) is 4.52. The van der Waals surface area contributed by atoms with Gasteiger partial charge in [0.1, 0.15) is 5.92 Å². The highest BCUT2D eigenvalue weighted by molar-refractivity contribution is 7.84. The van der Waals surface area contributed by atoms with Crippen LogP contribution >= 0.6 is 0 Å². The third-order valence-corrected chi connectivity index (χ3v) is 3.60. The van der Waals surface area contributed by atoms with Crippen LogP contribution < -0.4 is 5.32 Å². The fourth-order valence-corrected chi connectivity index (χ4v) is 2.57. The largest absolute Gasteiger partial charge is 0.352 e. The maximum atomic E-state index is 11.9. The van der Waals surface area contributed by atoms with Crippen LogP contribution in [0.3, 0.4) is 0 Å². The predicted molar refractivity (Wildman–Crippen MR) is 75.8 cm³/mol. The van der Waals surface area contributed by atoms with Gasteiger partial charge in [-0.15, -0.1) is 0 Å². The molecule has 0 fully saturated rings. The minimum Gasteiger partial charge on any atom is -0.352 e. The molecule has 1 aromatic carbocycles. The maximum Gasteiger partial charge on any atom is 0.237 e. The molecule has 102 valence electrons.